The minimum Gasteiger partial charge on any atom is -0.458 e. The lowest BCUT2D eigenvalue weighted by atomic mass is 9.45. The molecule has 5 rings (SSSR count). The van der Waals surface area contributed by atoms with Crippen LogP contribution in [0.1, 0.15) is 79.1 Å². The summed E-state index contributed by atoms with van der Waals surface area (Å²) < 4.78 is 17.0. The van der Waals surface area contributed by atoms with Gasteiger partial charge in [0.2, 0.25) is 5.78 Å². The zero-order valence-corrected chi connectivity index (χ0v) is 20.8. The minimum absolute atomic E-state index is 0.0294. The smallest absolute Gasteiger partial charge is 0.303 e. The van der Waals surface area contributed by atoms with Crippen molar-refractivity contribution < 1.29 is 33.7 Å². The second kappa shape index (κ2) is 8.24. The van der Waals surface area contributed by atoms with Crippen molar-refractivity contribution in [3.05, 3.63) is 11.6 Å². The standard InChI is InChI=1S/C27H38O7/c1-5-6-23-33-27(34-23)22(30)13-16-7-8-17-18-9-10-20(21(29)14-32-15(2)28)25(18,3)12-11-19(17)26(16,4)24(27)31/h13,17-20,23-24,31H,5-12,14H2,1-4H3/t17-,18-,19-,20-,23?,24?,25-,26-,27?/m0/s1. The van der Waals surface area contributed by atoms with Crippen molar-refractivity contribution in [1.29, 1.82) is 0 Å². The second-order valence-electron chi connectivity index (χ2n) is 11.7. The summed E-state index contributed by atoms with van der Waals surface area (Å²) in [5.41, 5.74) is 0.306. The average molecular weight is 475 g/mol. The number of Topliss-reactive ketones (excluding diaryl/α,β-unsaturated/α-hetero) is 1. The van der Waals surface area contributed by atoms with Gasteiger partial charge in [-0.05, 0) is 74.2 Å². The van der Waals surface area contributed by atoms with Gasteiger partial charge >= 0.3 is 5.97 Å². The van der Waals surface area contributed by atoms with E-state index in [1.165, 1.54) is 6.92 Å². The number of carbonyl (C=O) groups excluding carboxylic acids is 3. The predicted octanol–water partition coefficient (Wildman–Crippen LogP) is 3.72. The van der Waals surface area contributed by atoms with Gasteiger partial charge in [-0.25, -0.2) is 0 Å². The van der Waals surface area contributed by atoms with Crippen molar-refractivity contribution in [2.24, 2.45) is 34.5 Å². The molecule has 34 heavy (non-hydrogen) atoms. The summed E-state index contributed by atoms with van der Waals surface area (Å²) in [5, 5.41) is 11.7. The Kier molecular flexibility index (Phi) is 5.85. The highest BCUT2D eigenvalue weighted by Crippen LogP contribution is 2.68. The largest absolute Gasteiger partial charge is 0.458 e. The Bertz CT molecular complexity index is 918. The maximum atomic E-state index is 13.0. The van der Waals surface area contributed by atoms with Gasteiger partial charge in [0.25, 0.3) is 5.79 Å². The van der Waals surface area contributed by atoms with Gasteiger partial charge < -0.3 is 19.3 Å². The summed E-state index contributed by atoms with van der Waals surface area (Å²) in [5.74, 6) is -1.40. The lowest BCUT2D eigenvalue weighted by molar-refractivity contribution is -0.460. The average Bonchev–Trinajstić information content (AvgIpc) is 3.12. The molecule has 0 aromatic carbocycles. The number of aliphatic hydroxyl groups is 1. The van der Waals surface area contributed by atoms with E-state index in [2.05, 4.69) is 13.8 Å². The van der Waals surface area contributed by atoms with Crippen molar-refractivity contribution in [1.82, 2.24) is 0 Å². The first-order chi connectivity index (χ1) is 16.1. The summed E-state index contributed by atoms with van der Waals surface area (Å²) in [4.78, 5) is 37.2. The number of hydrogen-bond donors (Lipinski definition) is 1. The number of carbonyl (C=O) groups is 3. The quantitative estimate of drug-likeness (QED) is 0.606. The number of hydrogen-bond acceptors (Lipinski definition) is 7. The fourth-order valence-electron chi connectivity index (χ4n) is 8.46. The van der Waals surface area contributed by atoms with E-state index in [9.17, 15) is 19.5 Å². The fraction of sp³-hybridized carbons (Fsp3) is 0.815. The Hall–Kier alpha value is -1.57. The van der Waals surface area contributed by atoms with Crippen LogP contribution in [0.3, 0.4) is 0 Å². The highest BCUT2D eigenvalue weighted by Gasteiger charge is 2.70. The number of esters is 1. The molecule has 7 nitrogen and oxygen atoms in total. The van der Waals surface area contributed by atoms with Crippen LogP contribution >= 0.6 is 0 Å². The molecule has 1 aliphatic heterocycles. The molecule has 4 fully saturated rings. The molecule has 1 unspecified atom stereocenters. The monoisotopic (exact) mass is 474 g/mol. The highest BCUT2D eigenvalue weighted by molar-refractivity contribution is 5.99. The molecule has 3 saturated carbocycles. The van der Waals surface area contributed by atoms with Gasteiger partial charge in [0.1, 0.15) is 12.7 Å². The maximum absolute atomic E-state index is 13.0. The van der Waals surface area contributed by atoms with E-state index in [1.807, 2.05) is 6.92 Å². The van der Waals surface area contributed by atoms with E-state index < -0.39 is 29.6 Å². The zero-order valence-electron chi connectivity index (χ0n) is 20.8. The van der Waals surface area contributed by atoms with Crippen LogP contribution in [0.2, 0.25) is 0 Å². The van der Waals surface area contributed by atoms with Crippen LogP contribution in [0.5, 0.6) is 0 Å². The van der Waals surface area contributed by atoms with E-state index in [-0.39, 0.29) is 35.4 Å². The molecule has 1 spiro atoms. The fourth-order valence-corrected chi connectivity index (χ4v) is 8.46. The van der Waals surface area contributed by atoms with Gasteiger partial charge in [-0.2, -0.15) is 0 Å². The van der Waals surface area contributed by atoms with Crippen LogP contribution in [0, 0.1) is 34.5 Å². The molecule has 0 aromatic heterocycles. The SMILES string of the molecule is CCCC1OC2(O1)C(=O)C=C1CC[C@H]3[C@@H]4CC[C@@H](C(=O)COC(C)=O)[C@@]4(C)CC[C@@H]3[C@@]1(C)C2O. The lowest BCUT2D eigenvalue weighted by Gasteiger charge is -2.63. The molecule has 0 amide bonds. The van der Waals surface area contributed by atoms with Crippen LogP contribution in [0.15, 0.2) is 11.6 Å². The molecule has 7 heteroatoms. The van der Waals surface area contributed by atoms with Crippen molar-refractivity contribution >= 4 is 17.5 Å². The van der Waals surface area contributed by atoms with E-state index >= 15 is 0 Å². The summed E-state index contributed by atoms with van der Waals surface area (Å²) in [6, 6.07) is 0. The van der Waals surface area contributed by atoms with Crippen LogP contribution in [0.4, 0.5) is 0 Å². The molecule has 1 saturated heterocycles. The predicted molar refractivity (Wildman–Crippen MR) is 122 cm³/mol. The van der Waals surface area contributed by atoms with Crippen molar-refractivity contribution in [3.63, 3.8) is 0 Å². The first-order valence-electron chi connectivity index (χ1n) is 13.0. The van der Waals surface area contributed by atoms with Gasteiger partial charge in [-0.15, -0.1) is 0 Å². The molecule has 1 heterocycles. The van der Waals surface area contributed by atoms with E-state index in [0.29, 0.717) is 18.3 Å². The topological polar surface area (TPSA) is 99.1 Å². The number of fused-ring (bicyclic) bond motifs is 5. The van der Waals surface area contributed by atoms with E-state index in [4.69, 9.17) is 14.2 Å². The minimum atomic E-state index is -1.57. The molecule has 1 N–H and O–H groups in total. The lowest BCUT2D eigenvalue weighted by Crippen LogP contribution is -2.72. The third-order valence-corrected chi connectivity index (χ3v) is 10.2. The van der Waals surface area contributed by atoms with Crippen molar-refractivity contribution in [3.8, 4) is 0 Å². The Morgan fingerprint density at radius 2 is 1.88 bits per heavy atom. The Balaban J connectivity index is 1.40. The van der Waals surface area contributed by atoms with Gasteiger partial charge in [0.05, 0.1) is 0 Å². The molecular weight excluding hydrogens is 436 g/mol. The van der Waals surface area contributed by atoms with Gasteiger partial charge in [0, 0.05) is 18.3 Å². The van der Waals surface area contributed by atoms with Gasteiger partial charge in [-0.1, -0.05) is 32.8 Å². The summed E-state index contributed by atoms with van der Waals surface area (Å²) >= 11 is 0. The summed E-state index contributed by atoms with van der Waals surface area (Å²) in [7, 11) is 0. The molecular formula is C27H38O7. The number of rotatable bonds is 5. The van der Waals surface area contributed by atoms with Crippen LogP contribution in [-0.2, 0) is 28.6 Å². The normalized spacial score (nSPS) is 47.2. The second-order valence-corrected chi connectivity index (χ2v) is 11.7. The first kappa shape index (κ1) is 24.1. The Morgan fingerprint density at radius 1 is 1.15 bits per heavy atom. The Labute approximate surface area is 201 Å². The molecule has 7 atom stereocenters. The zero-order chi connectivity index (χ0) is 24.5. The third kappa shape index (κ3) is 3.22. The molecule has 0 radical (unpaired) electrons. The molecule has 0 bridgehead atoms. The molecule has 188 valence electrons. The van der Waals surface area contributed by atoms with Gasteiger partial charge in [0.15, 0.2) is 12.1 Å². The number of ether oxygens (including phenoxy) is 3. The van der Waals surface area contributed by atoms with Crippen molar-refractivity contribution in [2.45, 2.75) is 97.2 Å². The third-order valence-electron chi connectivity index (χ3n) is 10.2. The highest BCUT2D eigenvalue weighted by atomic mass is 16.9. The van der Waals surface area contributed by atoms with Crippen LogP contribution < -0.4 is 0 Å². The molecule has 4 aliphatic carbocycles. The first-order valence-corrected chi connectivity index (χ1v) is 13.0. The summed E-state index contributed by atoms with van der Waals surface area (Å²) in [6.45, 7) is 7.55. The maximum Gasteiger partial charge on any atom is 0.303 e. The van der Waals surface area contributed by atoms with Gasteiger partial charge in [-0.3, -0.25) is 14.4 Å². The van der Waals surface area contributed by atoms with E-state index in [1.54, 1.807) is 6.08 Å². The van der Waals surface area contributed by atoms with Crippen LogP contribution in [0.25, 0.3) is 0 Å². The molecule has 0 aromatic rings. The van der Waals surface area contributed by atoms with E-state index in [0.717, 1.165) is 50.5 Å². The number of aliphatic hydroxyl groups excluding tert-OH is 1. The summed E-state index contributed by atoms with van der Waals surface area (Å²) in [6.07, 6.45) is 7.08. The van der Waals surface area contributed by atoms with Crippen molar-refractivity contribution in [2.75, 3.05) is 6.61 Å². The Morgan fingerprint density at radius 3 is 2.56 bits per heavy atom. The molecule has 5 aliphatic rings. The van der Waals surface area contributed by atoms with Crippen LogP contribution in [-0.4, -0.2) is 47.4 Å². The number of ketones is 2.